The van der Waals surface area contributed by atoms with E-state index in [9.17, 15) is 4.79 Å². The molecule has 0 spiro atoms. The molecule has 0 aliphatic heterocycles. The average Bonchev–Trinajstić information content (AvgIpc) is 2.56. The molecule has 2 rings (SSSR count). The zero-order valence-electron chi connectivity index (χ0n) is 12.4. The Balaban J connectivity index is 1.88. The molecule has 0 N–H and O–H groups in total. The predicted molar refractivity (Wildman–Crippen MR) is 82.7 cm³/mol. The number of hydrogen-bond donors (Lipinski definition) is 0. The summed E-state index contributed by atoms with van der Waals surface area (Å²) in [6.07, 6.45) is 1.89. The fraction of sp³-hybridized carbons (Fsp3) is 0.222. The summed E-state index contributed by atoms with van der Waals surface area (Å²) in [7, 11) is 1.48. The first kappa shape index (κ1) is 15.6. The van der Waals surface area contributed by atoms with E-state index in [2.05, 4.69) is 0 Å². The second kappa shape index (κ2) is 7.84. The van der Waals surface area contributed by atoms with E-state index in [0.717, 1.165) is 12.8 Å². The summed E-state index contributed by atoms with van der Waals surface area (Å²) in [5, 5.41) is 8.84. The molecule has 0 heterocycles. The van der Waals surface area contributed by atoms with Crippen molar-refractivity contribution in [2.75, 3.05) is 7.11 Å². The number of esters is 1. The minimum Gasteiger partial charge on any atom is -0.493 e. The predicted octanol–water partition coefficient (Wildman–Crippen LogP) is 3.50. The average molecular weight is 295 g/mol. The number of carbonyl (C=O) groups is 1. The third-order valence-electron chi connectivity index (χ3n) is 3.21. The monoisotopic (exact) mass is 295 g/mol. The molecule has 0 atom stereocenters. The van der Waals surface area contributed by atoms with E-state index < -0.39 is 0 Å². The van der Waals surface area contributed by atoms with Gasteiger partial charge in [0, 0.05) is 12.5 Å². The lowest BCUT2D eigenvalue weighted by molar-refractivity contribution is -0.134. The molecule has 0 unspecified atom stereocenters. The van der Waals surface area contributed by atoms with E-state index in [1.807, 2.05) is 36.4 Å². The first-order chi connectivity index (χ1) is 10.7. The summed E-state index contributed by atoms with van der Waals surface area (Å²) in [5.74, 6) is 0.417. The summed E-state index contributed by atoms with van der Waals surface area (Å²) in [6.45, 7) is 0. The molecule has 0 bridgehead atoms. The van der Waals surface area contributed by atoms with E-state index in [1.165, 1.54) is 12.7 Å². The summed E-state index contributed by atoms with van der Waals surface area (Å²) in [4.78, 5) is 11.9. The largest absolute Gasteiger partial charge is 0.493 e. The Labute approximate surface area is 129 Å². The summed E-state index contributed by atoms with van der Waals surface area (Å²) >= 11 is 0. The Morgan fingerprint density at radius 3 is 2.59 bits per heavy atom. The number of nitrogens with zero attached hydrogens (tertiary/aromatic N) is 1. The highest BCUT2D eigenvalue weighted by Crippen LogP contribution is 2.28. The summed E-state index contributed by atoms with van der Waals surface area (Å²) in [6, 6.07) is 16.7. The Morgan fingerprint density at radius 1 is 1.14 bits per heavy atom. The molecule has 0 aromatic heterocycles. The third-order valence-corrected chi connectivity index (χ3v) is 3.21. The molecule has 0 radical (unpaired) electrons. The standard InChI is InChI=1S/C18H17NO3/c1-21-17-12-15(13-19)10-11-16(17)22-18(20)9-5-8-14-6-3-2-4-7-14/h2-4,6-7,10-12H,5,8-9H2,1H3. The van der Waals surface area contributed by atoms with Gasteiger partial charge >= 0.3 is 5.97 Å². The lowest BCUT2D eigenvalue weighted by atomic mass is 10.1. The van der Waals surface area contributed by atoms with Gasteiger partial charge in [-0.1, -0.05) is 30.3 Å². The molecule has 4 heteroatoms. The number of methoxy groups -OCH3 is 1. The van der Waals surface area contributed by atoms with E-state index in [-0.39, 0.29) is 5.97 Å². The lowest BCUT2D eigenvalue weighted by Crippen LogP contribution is -2.09. The minimum absolute atomic E-state index is 0.307. The van der Waals surface area contributed by atoms with Crippen LogP contribution in [0.4, 0.5) is 0 Å². The van der Waals surface area contributed by atoms with Crippen molar-refractivity contribution in [1.29, 1.82) is 5.26 Å². The summed E-state index contributed by atoms with van der Waals surface area (Å²) < 4.78 is 10.4. The molecule has 22 heavy (non-hydrogen) atoms. The molecular weight excluding hydrogens is 278 g/mol. The molecule has 0 fully saturated rings. The van der Waals surface area contributed by atoms with Crippen molar-refractivity contribution < 1.29 is 14.3 Å². The quantitative estimate of drug-likeness (QED) is 0.604. The maximum absolute atomic E-state index is 11.9. The van der Waals surface area contributed by atoms with Gasteiger partial charge in [-0.05, 0) is 30.5 Å². The Morgan fingerprint density at radius 2 is 1.91 bits per heavy atom. The van der Waals surface area contributed by atoms with Crippen molar-refractivity contribution in [2.45, 2.75) is 19.3 Å². The number of benzene rings is 2. The molecule has 2 aromatic rings. The van der Waals surface area contributed by atoms with Gasteiger partial charge in [0.15, 0.2) is 11.5 Å². The number of ether oxygens (including phenoxy) is 2. The number of aryl methyl sites for hydroxylation is 1. The van der Waals surface area contributed by atoms with Crippen molar-refractivity contribution in [1.82, 2.24) is 0 Å². The van der Waals surface area contributed by atoms with Gasteiger partial charge in [0.05, 0.1) is 18.7 Å². The molecule has 4 nitrogen and oxygen atoms in total. The molecule has 112 valence electrons. The Kier molecular flexibility index (Phi) is 5.56. The zero-order valence-corrected chi connectivity index (χ0v) is 12.4. The van der Waals surface area contributed by atoms with Gasteiger partial charge < -0.3 is 9.47 Å². The van der Waals surface area contributed by atoms with Crippen molar-refractivity contribution >= 4 is 5.97 Å². The van der Waals surface area contributed by atoms with Crippen LogP contribution in [-0.4, -0.2) is 13.1 Å². The molecule has 2 aromatic carbocycles. The molecule has 0 saturated heterocycles. The number of rotatable bonds is 6. The van der Waals surface area contributed by atoms with Crippen LogP contribution in [0.1, 0.15) is 24.0 Å². The summed E-state index contributed by atoms with van der Waals surface area (Å²) in [5.41, 5.74) is 1.66. The van der Waals surface area contributed by atoms with Gasteiger partial charge in [-0.2, -0.15) is 5.26 Å². The van der Waals surface area contributed by atoms with Gasteiger partial charge in [-0.3, -0.25) is 4.79 Å². The van der Waals surface area contributed by atoms with Crippen LogP contribution >= 0.6 is 0 Å². The Bertz CT molecular complexity index is 674. The van der Waals surface area contributed by atoms with E-state index in [4.69, 9.17) is 14.7 Å². The van der Waals surface area contributed by atoms with Crippen LogP contribution in [0.25, 0.3) is 0 Å². The van der Waals surface area contributed by atoms with E-state index >= 15 is 0 Å². The van der Waals surface area contributed by atoms with Crippen molar-refractivity contribution in [3.05, 3.63) is 59.7 Å². The zero-order chi connectivity index (χ0) is 15.8. The highest BCUT2D eigenvalue weighted by Gasteiger charge is 2.10. The minimum atomic E-state index is -0.307. The number of nitriles is 1. The molecule has 0 saturated carbocycles. The van der Waals surface area contributed by atoms with Crippen molar-refractivity contribution in [2.24, 2.45) is 0 Å². The molecular formula is C18H17NO3. The highest BCUT2D eigenvalue weighted by atomic mass is 16.6. The van der Waals surface area contributed by atoms with Crippen LogP contribution < -0.4 is 9.47 Å². The normalized spacial score (nSPS) is 9.82. The van der Waals surface area contributed by atoms with Gasteiger partial charge in [0.25, 0.3) is 0 Å². The van der Waals surface area contributed by atoms with Crippen LogP contribution in [0.15, 0.2) is 48.5 Å². The highest BCUT2D eigenvalue weighted by molar-refractivity contribution is 5.73. The van der Waals surface area contributed by atoms with E-state index in [0.29, 0.717) is 23.5 Å². The van der Waals surface area contributed by atoms with Crippen LogP contribution in [-0.2, 0) is 11.2 Å². The molecule has 0 aliphatic rings. The smallest absolute Gasteiger partial charge is 0.311 e. The van der Waals surface area contributed by atoms with Gasteiger partial charge in [0.2, 0.25) is 0 Å². The lowest BCUT2D eigenvalue weighted by Gasteiger charge is -2.09. The fourth-order valence-corrected chi connectivity index (χ4v) is 2.08. The van der Waals surface area contributed by atoms with Gasteiger partial charge in [0.1, 0.15) is 0 Å². The fourth-order valence-electron chi connectivity index (χ4n) is 2.08. The van der Waals surface area contributed by atoms with Crippen LogP contribution in [0.2, 0.25) is 0 Å². The van der Waals surface area contributed by atoms with Crippen molar-refractivity contribution in [3.63, 3.8) is 0 Å². The first-order valence-electron chi connectivity index (χ1n) is 7.05. The first-order valence-corrected chi connectivity index (χ1v) is 7.05. The molecule has 0 amide bonds. The maximum Gasteiger partial charge on any atom is 0.311 e. The number of hydrogen-bond acceptors (Lipinski definition) is 4. The van der Waals surface area contributed by atoms with E-state index in [1.54, 1.807) is 18.2 Å². The number of carbonyl (C=O) groups excluding carboxylic acids is 1. The SMILES string of the molecule is COc1cc(C#N)ccc1OC(=O)CCCc1ccccc1. The van der Waals surface area contributed by atoms with Gasteiger partial charge in [-0.15, -0.1) is 0 Å². The topological polar surface area (TPSA) is 59.3 Å². The maximum atomic E-state index is 11.9. The third kappa shape index (κ3) is 4.35. The second-order valence-electron chi connectivity index (χ2n) is 4.79. The Hall–Kier alpha value is -2.80. The van der Waals surface area contributed by atoms with Gasteiger partial charge in [-0.25, -0.2) is 0 Å². The van der Waals surface area contributed by atoms with Crippen LogP contribution in [0.5, 0.6) is 11.5 Å². The van der Waals surface area contributed by atoms with Crippen LogP contribution in [0, 0.1) is 11.3 Å². The molecule has 0 aliphatic carbocycles. The van der Waals surface area contributed by atoms with Crippen molar-refractivity contribution in [3.8, 4) is 17.6 Å². The van der Waals surface area contributed by atoms with Crippen LogP contribution in [0.3, 0.4) is 0 Å². The second-order valence-corrected chi connectivity index (χ2v) is 4.79.